The minimum Gasteiger partial charge on any atom is -0.394 e. The summed E-state index contributed by atoms with van der Waals surface area (Å²) in [4.78, 5) is 3.96. The number of ether oxygens (including phenoxy) is 1. The Bertz CT molecular complexity index is 407. The van der Waals surface area contributed by atoms with Crippen LogP contribution in [0.4, 0.5) is 0 Å². The number of amidine groups is 1. The van der Waals surface area contributed by atoms with Crippen LogP contribution in [0, 0.1) is 0 Å². The highest BCUT2D eigenvalue weighted by Gasteiger charge is 2.36. The van der Waals surface area contributed by atoms with Gasteiger partial charge in [-0.15, -0.1) is 5.10 Å². The number of hydrazone groups is 1. The first kappa shape index (κ1) is 10.5. The molecule has 1 fully saturated rings. The summed E-state index contributed by atoms with van der Waals surface area (Å²) in [5.74, 6) is 0.506. The van der Waals surface area contributed by atoms with E-state index < -0.39 is 0 Å². The third-order valence-electron chi connectivity index (χ3n) is 2.88. The summed E-state index contributed by atoms with van der Waals surface area (Å²) in [6.45, 7) is 0.0153. The van der Waals surface area contributed by atoms with Crippen LogP contribution in [0.1, 0.15) is 12.8 Å². The molecule has 3 N–H and O–H groups in total. The molecule has 0 aromatic carbocycles. The molecular weight excluding hydrogens is 226 g/mol. The maximum atomic E-state index is 9.33. The Kier molecular flexibility index (Phi) is 2.46. The lowest BCUT2D eigenvalue weighted by Crippen LogP contribution is -2.41. The first-order chi connectivity index (χ1) is 8.28. The largest absolute Gasteiger partial charge is 0.394 e. The molecule has 3 heterocycles. The summed E-state index contributed by atoms with van der Waals surface area (Å²) in [5, 5.41) is 24.9. The molecule has 92 valence electrons. The lowest BCUT2D eigenvalue weighted by atomic mass is 10.2. The summed E-state index contributed by atoms with van der Waals surface area (Å²) < 4.78 is 5.63. The van der Waals surface area contributed by atoms with Crippen molar-refractivity contribution in [1.82, 2.24) is 15.6 Å². The molecule has 0 aromatic rings. The molecule has 3 aliphatic heterocycles. The van der Waals surface area contributed by atoms with Gasteiger partial charge in [0.05, 0.1) is 18.9 Å². The second-order valence-electron chi connectivity index (χ2n) is 4.02. The lowest BCUT2D eigenvalue weighted by molar-refractivity contribution is -0.0688. The van der Waals surface area contributed by atoms with E-state index in [1.54, 1.807) is 5.01 Å². The number of hydroxylamine groups is 2. The van der Waals surface area contributed by atoms with E-state index in [1.165, 1.54) is 12.5 Å². The number of hydrogen-bond donors (Lipinski definition) is 3. The van der Waals surface area contributed by atoms with E-state index in [0.29, 0.717) is 11.5 Å². The van der Waals surface area contributed by atoms with Crippen molar-refractivity contribution in [2.75, 3.05) is 6.61 Å². The molecule has 0 radical (unpaired) electrons. The Morgan fingerprint density at radius 3 is 3.18 bits per heavy atom. The molecule has 2 atom stereocenters. The van der Waals surface area contributed by atoms with E-state index in [-0.39, 0.29) is 18.9 Å². The van der Waals surface area contributed by atoms with Gasteiger partial charge in [-0.3, -0.25) is 5.21 Å². The van der Waals surface area contributed by atoms with Crippen molar-refractivity contribution in [2.45, 2.75) is 25.2 Å². The number of nitrogens with one attached hydrogen (secondary N) is 1. The van der Waals surface area contributed by atoms with E-state index in [9.17, 15) is 5.21 Å². The van der Waals surface area contributed by atoms with Gasteiger partial charge in [-0.1, -0.05) is 0 Å². The summed E-state index contributed by atoms with van der Waals surface area (Å²) in [6.07, 6.45) is 4.01. The standard InChI is InChI=1S/C9H13N5O3/c15-4-6-1-2-8(17-6)14-7-3-13(16)5-10-9(7)11-12-14/h3,5-6,8,12,15-16H,1-2,4H2/t6-,8-/m0/s1. The number of aliphatic hydroxyl groups is 1. The summed E-state index contributed by atoms with van der Waals surface area (Å²) >= 11 is 0. The fourth-order valence-corrected chi connectivity index (χ4v) is 2.04. The quantitative estimate of drug-likeness (QED) is 0.583. The molecule has 0 saturated carbocycles. The van der Waals surface area contributed by atoms with Crippen LogP contribution in [0.3, 0.4) is 0 Å². The van der Waals surface area contributed by atoms with E-state index in [0.717, 1.165) is 17.9 Å². The molecule has 0 aliphatic carbocycles. The summed E-state index contributed by atoms with van der Waals surface area (Å²) in [5.41, 5.74) is 3.45. The third-order valence-corrected chi connectivity index (χ3v) is 2.88. The topological polar surface area (TPSA) is 92.9 Å². The molecule has 0 unspecified atom stereocenters. The smallest absolute Gasteiger partial charge is 0.202 e. The van der Waals surface area contributed by atoms with Gasteiger partial charge in [0.2, 0.25) is 5.84 Å². The number of fused-ring (bicyclic) bond motifs is 1. The Morgan fingerprint density at radius 1 is 1.53 bits per heavy atom. The molecule has 0 aromatic heterocycles. The number of hydrogen-bond acceptors (Lipinski definition) is 8. The van der Waals surface area contributed by atoms with Gasteiger partial charge in [0.25, 0.3) is 0 Å². The second-order valence-corrected chi connectivity index (χ2v) is 4.02. The van der Waals surface area contributed by atoms with Crippen molar-refractivity contribution in [3.63, 3.8) is 0 Å². The first-order valence-electron chi connectivity index (χ1n) is 5.40. The van der Waals surface area contributed by atoms with E-state index in [2.05, 4.69) is 15.6 Å². The highest BCUT2D eigenvalue weighted by molar-refractivity contribution is 6.04. The van der Waals surface area contributed by atoms with Gasteiger partial charge in [0.15, 0.2) is 6.23 Å². The van der Waals surface area contributed by atoms with Gasteiger partial charge >= 0.3 is 0 Å². The third kappa shape index (κ3) is 1.75. The summed E-state index contributed by atoms with van der Waals surface area (Å²) in [6, 6.07) is 0. The van der Waals surface area contributed by atoms with Crippen molar-refractivity contribution in [3.8, 4) is 0 Å². The molecular formula is C9H13N5O3. The molecule has 1 saturated heterocycles. The highest BCUT2D eigenvalue weighted by atomic mass is 16.5. The van der Waals surface area contributed by atoms with Gasteiger partial charge in [0.1, 0.15) is 12.0 Å². The predicted molar refractivity (Wildman–Crippen MR) is 57.6 cm³/mol. The van der Waals surface area contributed by atoms with Crippen LogP contribution >= 0.6 is 0 Å². The van der Waals surface area contributed by atoms with Crippen LogP contribution in [0.15, 0.2) is 22.0 Å². The minimum absolute atomic E-state index is 0.0153. The molecule has 0 spiro atoms. The molecule has 8 nitrogen and oxygen atoms in total. The second kappa shape index (κ2) is 3.99. The van der Waals surface area contributed by atoms with Crippen LogP contribution < -0.4 is 5.53 Å². The SMILES string of the molecule is OC[C@@H]1CC[C@@H](N2NN=C3N=CN(O)C=C32)O1. The first-order valence-corrected chi connectivity index (χ1v) is 5.40. The van der Waals surface area contributed by atoms with Crippen LogP contribution in [-0.4, -0.2) is 51.5 Å². The minimum atomic E-state index is -0.207. The molecule has 17 heavy (non-hydrogen) atoms. The Balaban J connectivity index is 1.75. The summed E-state index contributed by atoms with van der Waals surface area (Å²) in [7, 11) is 0. The molecule has 8 heteroatoms. The zero-order valence-electron chi connectivity index (χ0n) is 9.02. The van der Waals surface area contributed by atoms with Crippen LogP contribution in [0.25, 0.3) is 0 Å². The molecule has 0 amide bonds. The van der Waals surface area contributed by atoms with E-state index >= 15 is 0 Å². The highest BCUT2D eigenvalue weighted by Crippen LogP contribution is 2.27. The number of nitrogens with zero attached hydrogens (tertiary/aromatic N) is 4. The average Bonchev–Trinajstić information content (AvgIpc) is 2.93. The fraction of sp³-hybridized carbons (Fsp3) is 0.556. The zero-order chi connectivity index (χ0) is 11.8. The van der Waals surface area contributed by atoms with Crippen molar-refractivity contribution in [1.29, 1.82) is 0 Å². The maximum absolute atomic E-state index is 9.33. The Morgan fingerprint density at radius 2 is 2.41 bits per heavy atom. The van der Waals surface area contributed by atoms with Crippen molar-refractivity contribution >= 4 is 12.2 Å². The molecule has 3 rings (SSSR count). The van der Waals surface area contributed by atoms with Gasteiger partial charge in [-0.25, -0.2) is 20.6 Å². The lowest BCUT2D eigenvalue weighted by Gasteiger charge is -2.27. The average molecular weight is 239 g/mol. The number of rotatable bonds is 2. The number of aliphatic hydroxyl groups excluding tert-OH is 1. The monoisotopic (exact) mass is 239 g/mol. The van der Waals surface area contributed by atoms with Crippen LogP contribution in [-0.2, 0) is 4.74 Å². The zero-order valence-corrected chi connectivity index (χ0v) is 9.02. The Labute approximate surface area is 97.4 Å². The van der Waals surface area contributed by atoms with Crippen molar-refractivity contribution in [2.24, 2.45) is 10.1 Å². The van der Waals surface area contributed by atoms with E-state index in [4.69, 9.17) is 9.84 Å². The van der Waals surface area contributed by atoms with Gasteiger partial charge in [0, 0.05) is 0 Å². The fourth-order valence-electron chi connectivity index (χ4n) is 2.04. The number of hydrazine groups is 1. The van der Waals surface area contributed by atoms with Gasteiger partial charge in [-0.05, 0) is 12.8 Å². The van der Waals surface area contributed by atoms with Crippen LogP contribution in [0.2, 0.25) is 0 Å². The van der Waals surface area contributed by atoms with Gasteiger partial charge in [-0.2, -0.15) is 0 Å². The molecule has 3 aliphatic rings. The number of aliphatic imine (C=N–C) groups is 1. The van der Waals surface area contributed by atoms with Crippen molar-refractivity contribution < 1.29 is 15.1 Å². The Hall–Kier alpha value is -1.64. The maximum Gasteiger partial charge on any atom is 0.202 e. The normalized spacial score (nSPS) is 31.2. The van der Waals surface area contributed by atoms with E-state index in [1.807, 2.05) is 0 Å². The van der Waals surface area contributed by atoms with Crippen molar-refractivity contribution in [3.05, 3.63) is 11.9 Å². The van der Waals surface area contributed by atoms with Gasteiger partial charge < -0.3 is 9.84 Å². The molecule has 0 bridgehead atoms. The predicted octanol–water partition coefficient (Wildman–Crippen LogP) is -0.808. The van der Waals surface area contributed by atoms with Crippen LogP contribution in [0.5, 0.6) is 0 Å².